The first-order chi connectivity index (χ1) is 11.1. The zero-order chi connectivity index (χ0) is 16.9. The summed E-state index contributed by atoms with van der Waals surface area (Å²) in [5.41, 5.74) is 0. The summed E-state index contributed by atoms with van der Waals surface area (Å²) in [7, 11) is 0. The van der Waals surface area contributed by atoms with Crippen molar-refractivity contribution in [2.45, 2.75) is 47.0 Å². The Morgan fingerprint density at radius 3 is 2.57 bits per heavy atom. The van der Waals surface area contributed by atoms with E-state index in [-0.39, 0.29) is 0 Å². The second kappa shape index (κ2) is 12.6. The van der Waals surface area contributed by atoms with Gasteiger partial charge in [0.1, 0.15) is 0 Å². The van der Waals surface area contributed by atoms with Crippen molar-refractivity contribution in [2.75, 3.05) is 52.5 Å². The summed E-state index contributed by atoms with van der Waals surface area (Å²) in [5, 5.41) is 6.73. The van der Waals surface area contributed by atoms with Crippen molar-refractivity contribution < 1.29 is 4.74 Å². The molecule has 1 aliphatic heterocycles. The minimum atomic E-state index is 0.609. The molecule has 23 heavy (non-hydrogen) atoms. The first-order valence-corrected chi connectivity index (χ1v) is 9.44. The number of hydrogen-bond acceptors (Lipinski definition) is 3. The Balaban J connectivity index is 2.18. The number of aliphatic imine (C=N–C) groups is 1. The molecule has 1 heterocycles. The van der Waals surface area contributed by atoms with Crippen LogP contribution in [-0.2, 0) is 4.74 Å². The first-order valence-electron chi connectivity index (χ1n) is 9.44. The number of rotatable bonds is 11. The van der Waals surface area contributed by atoms with Gasteiger partial charge in [-0.25, -0.2) is 0 Å². The van der Waals surface area contributed by atoms with E-state index in [2.05, 4.69) is 43.2 Å². The van der Waals surface area contributed by atoms with Crippen LogP contribution in [0.4, 0.5) is 0 Å². The Morgan fingerprint density at radius 2 is 1.91 bits per heavy atom. The molecule has 1 saturated heterocycles. The molecule has 1 aliphatic rings. The fourth-order valence-corrected chi connectivity index (χ4v) is 2.75. The molecule has 136 valence electrons. The third-order valence-corrected chi connectivity index (χ3v) is 3.88. The Kier molecular flexibility index (Phi) is 11.1. The van der Waals surface area contributed by atoms with E-state index in [1.165, 1.54) is 32.5 Å². The molecule has 5 heteroatoms. The topological polar surface area (TPSA) is 48.9 Å². The van der Waals surface area contributed by atoms with Gasteiger partial charge in [-0.2, -0.15) is 0 Å². The van der Waals surface area contributed by atoms with E-state index >= 15 is 0 Å². The standard InChI is InChI=1S/C18H38N4O/c1-5-19-18(20-9-8-12-23-15-16(2)3)21-13-17(4)14-22-10-6-7-11-22/h16-17H,5-15H2,1-4H3,(H2,19,20,21). The van der Waals surface area contributed by atoms with Crippen molar-refractivity contribution in [2.24, 2.45) is 16.8 Å². The Bertz CT molecular complexity index is 314. The van der Waals surface area contributed by atoms with Crippen LogP contribution in [0.15, 0.2) is 4.99 Å². The lowest BCUT2D eigenvalue weighted by molar-refractivity contribution is 0.108. The predicted octanol–water partition coefficient (Wildman–Crippen LogP) is 2.34. The zero-order valence-electron chi connectivity index (χ0n) is 15.7. The summed E-state index contributed by atoms with van der Waals surface area (Å²) in [6.07, 6.45) is 3.73. The van der Waals surface area contributed by atoms with E-state index in [0.717, 1.165) is 45.2 Å². The SMILES string of the molecule is CCNC(=NCC(C)CN1CCCC1)NCCCOCC(C)C. The third kappa shape index (κ3) is 10.6. The Hall–Kier alpha value is -0.810. The van der Waals surface area contributed by atoms with Crippen LogP contribution >= 0.6 is 0 Å². The molecule has 0 aromatic heterocycles. The quantitative estimate of drug-likeness (QED) is 0.348. The van der Waals surface area contributed by atoms with Crippen molar-refractivity contribution in [1.29, 1.82) is 0 Å². The normalized spacial score (nSPS) is 17.7. The van der Waals surface area contributed by atoms with Crippen LogP contribution in [0, 0.1) is 11.8 Å². The van der Waals surface area contributed by atoms with Gasteiger partial charge in [0.2, 0.25) is 0 Å². The Morgan fingerprint density at radius 1 is 1.17 bits per heavy atom. The van der Waals surface area contributed by atoms with Gasteiger partial charge < -0.3 is 20.3 Å². The van der Waals surface area contributed by atoms with E-state index < -0.39 is 0 Å². The number of nitrogens with zero attached hydrogens (tertiary/aromatic N) is 2. The van der Waals surface area contributed by atoms with Crippen LogP contribution in [0.1, 0.15) is 47.0 Å². The highest BCUT2D eigenvalue weighted by molar-refractivity contribution is 5.79. The molecule has 2 N–H and O–H groups in total. The largest absolute Gasteiger partial charge is 0.381 e. The highest BCUT2D eigenvalue weighted by Crippen LogP contribution is 2.10. The summed E-state index contributed by atoms with van der Waals surface area (Å²) < 4.78 is 5.60. The lowest BCUT2D eigenvalue weighted by Crippen LogP contribution is -2.38. The highest BCUT2D eigenvalue weighted by atomic mass is 16.5. The predicted molar refractivity (Wildman–Crippen MR) is 99.1 cm³/mol. The molecule has 1 unspecified atom stereocenters. The molecule has 0 bridgehead atoms. The lowest BCUT2D eigenvalue weighted by Gasteiger charge is -2.19. The number of ether oxygens (including phenoxy) is 1. The highest BCUT2D eigenvalue weighted by Gasteiger charge is 2.14. The van der Waals surface area contributed by atoms with Gasteiger partial charge in [-0.15, -0.1) is 0 Å². The van der Waals surface area contributed by atoms with Crippen molar-refractivity contribution >= 4 is 5.96 Å². The molecule has 0 aromatic carbocycles. The number of guanidine groups is 1. The summed E-state index contributed by atoms with van der Waals surface area (Å²) in [4.78, 5) is 7.29. The molecule has 0 amide bonds. The van der Waals surface area contributed by atoms with E-state index in [0.29, 0.717) is 11.8 Å². The maximum Gasteiger partial charge on any atom is 0.191 e. The summed E-state index contributed by atoms with van der Waals surface area (Å²) in [5.74, 6) is 2.15. The van der Waals surface area contributed by atoms with E-state index in [4.69, 9.17) is 9.73 Å². The summed E-state index contributed by atoms with van der Waals surface area (Å²) >= 11 is 0. The van der Waals surface area contributed by atoms with Gasteiger partial charge >= 0.3 is 0 Å². The molecule has 0 radical (unpaired) electrons. The van der Waals surface area contributed by atoms with Crippen molar-refractivity contribution in [3.05, 3.63) is 0 Å². The second-order valence-corrected chi connectivity index (χ2v) is 7.08. The first kappa shape index (κ1) is 20.2. The molecular formula is C18H38N4O. The van der Waals surface area contributed by atoms with Crippen molar-refractivity contribution in [1.82, 2.24) is 15.5 Å². The maximum atomic E-state index is 5.60. The number of likely N-dealkylation sites (tertiary alicyclic amines) is 1. The van der Waals surface area contributed by atoms with Gasteiger partial charge in [-0.05, 0) is 51.1 Å². The maximum absolute atomic E-state index is 5.60. The second-order valence-electron chi connectivity index (χ2n) is 7.08. The minimum absolute atomic E-state index is 0.609. The van der Waals surface area contributed by atoms with Crippen LogP contribution in [0.2, 0.25) is 0 Å². The van der Waals surface area contributed by atoms with Crippen LogP contribution in [0.5, 0.6) is 0 Å². The average molecular weight is 327 g/mol. The molecule has 1 atom stereocenters. The molecule has 0 saturated carbocycles. The fraction of sp³-hybridized carbons (Fsp3) is 0.944. The molecule has 0 aliphatic carbocycles. The van der Waals surface area contributed by atoms with Crippen LogP contribution < -0.4 is 10.6 Å². The van der Waals surface area contributed by atoms with E-state index in [1.807, 2.05) is 0 Å². The molecule has 0 spiro atoms. The van der Waals surface area contributed by atoms with E-state index in [1.54, 1.807) is 0 Å². The Labute approximate surface area is 143 Å². The molecule has 0 aromatic rings. The monoisotopic (exact) mass is 326 g/mol. The zero-order valence-corrected chi connectivity index (χ0v) is 15.7. The fourth-order valence-electron chi connectivity index (χ4n) is 2.75. The molecule has 1 rings (SSSR count). The van der Waals surface area contributed by atoms with Crippen LogP contribution in [-0.4, -0.2) is 63.3 Å². The van der Waals surface area contributed by atoms with Crippen molar-refractivity contribution in [3.8, 4) is 0 Å². The summed E-state index contributed by atoms with van der Waals surface area (Å²) in [6.45, 7) is 16.8. The summed E-state index contributed by atoms with van der Waals surface area (Å²) in [6, 6.07) is 0. The van der Waals surface area contributed by atoms with Gasteiger partial charge in [-0.1, -0.05) is 20.8 Å². The van der Waals surface area contributed by atoms with Gasteiger partial charge in [0.15, 0.2) is 5.96 Å². The molecule has 5 nitrogen and oxygen atoms in total. The number of hydrogen-bond donors (Lipinski definition) is 2. The molecular weight excluding hydrogens is 288 g/mol. The van der Waals surface area contributed by atoms with Gasteiger partial charge in [0.05, 0.1) is 0 Å². The average Bonchev–Trinajstić information content (AvgIpc) is 3.00. The lowest BCUT2D eigenvalue weighted by atomic mass is 10.2. The number of nitrogens with one attached hydrogen (secondary N) is 2. The smallest absolute Gasteiger partial charge is 0.191 e. The van der Waals surface area contributed by atoms with Crippen molar-refractivity contribution in [3.63, 3.8) is 0 Å². The minimum Gasteiger partial charge on any atom is -0.381 e. The third-order valence-electron chi connectivity index (χ3n) is 3.88. The molecule has 1 fully saturated rings. The van der Waals surface area contributed by atoms with Crippen LogP contribution in [0.25, 0.3) is 0 Å². The van der Waals surface area contributed by atoms with Gasteiger partial charge in [0.25, 0.3) is 0 Å². The van der Waals surface area contributed by atoms with Gasteiger partial charge in [-0.3, -0.25) is 4.99 Å². The van der Waals surface area contributed by atoms with Crippen LogP contribution in [0.3, 0.4) is 0 Å². The van der Waals surface area contributed by atoms with E-state index in [9.17, 15) is 0 Å². The van der Waals surface area contributed by atoms with Gasteiger partial charge in [0, 0.05) is 39.4 Å².